The van der Waals surface area contributed by atoms with Crippen molar-refractivity contribution in [1.29, 1.82) is 5.26 Å². The van der Waals surface area contributed by atoms with Crippen LogP contribution in [0.1, 0.15) is 38.3 Å². The van der Waals surface area contributed by atoms with Crippen LogP contribution in [0.2, 0.25) is 0 Å². The third-order valence-electron chi connectivity index (χ3n) is 3.10. The zero-order chi connectivity index (χ0) is 11.4. The van der Waals surface area contributed by atoms with Crippen LogP contribution in [0.5, 0.6) is 0 Å². The predicted octanol–water partition coefficient (Wildman–Crippen LogP) is 2.12. The molecule has 0 aliphatic carbocycles. The van der Waals surface area contributed by atoms with E-state index in [1.165, 1.54) is 25.7 Å². The van der Waals surface area contributed by atoms with Crippen molar-refractivity contribution in [2.75, 3.05) is 11.4 Å². The quantitative estimate of drug-likeness (QED) is 0.721. The summed E-state index contributed by atoms with van der Waals surface area (Å²) >= 11 is 0. The zero-order valence-electron chi connectivity index (χ0n) is 9.56. The molecule has 1 atom stereocenters. The molecule has 1 unspecified atom stereocenters. The highest BCUT2D eigenvalue weighted by molar-refractivity contribution is 5.38. The molecule has 1 aliphatic rings. The molecule has 1 aromatic rings. The van der Waals surface area contributed by atoms with Gasteiger partial charge in [0.05, 0.1) is 12.4 Å². The maximum Gasteiger partial charge on any atom is 0.158 e. The van der Waals surface area contributed by atoms with Crippen LogP contribution >= 0.6 is 0 Å². The number of aromatic nitrogens is 2. The molecule has 2 rings (SSSR count). The van der Waals surface area contributed by atoms with Crippen molar-refractivity contribution >= 4 is 5.82 Å². The minimum Gasteiger partial charge on any atom is -0.353 e. The first-order valence-electron chi connectivity index (χ1n) is 5.80. The van der Waals surface area contributed by atoms with E-state index in [2.05, 4.69) is 21.8 Å². The van der Waals surface area contributed by atoms with E-state index in [0.29, 0.717) is 11.7 Å². The molecular weight excluding hydrogens is 200 g/mol. The molecule has 1 saturated heterocycles. The molecule has 0 aromatic carbocycles. The molecule has 0 spiro atoms. The van der Waals surface area contributed by atoms with Gasteiger partial charge in [-0.25, -0.2) is 9.97 Å². The van der Waals surface area contributed by atoms with E-state index in [1.54, 1.807) is 12.4 Å². The van der Waals surface area contributed by atoms with Crippen LogP contribution in [0.15, 0.2) is 12.4 Å². The molecule has 2 heterocycles. The second-order valence-electron chi connectivity index (χ2n) is 4.26. The van der Waals surface area contributed by atoms with Gasteiger partial charge in [0.15, 0.2) is 5.69 Å². The fourth-order valence-corrected chi connectivity index (χ4v) is 2.14. The van der Waals surface area contributed by atoms with Gasteiger partial charge in [-0.3, -0.25) is 0 Å². The lowest BCUT2D eigenvalue weighted by Gasteiger charge is -2.27. The Morgan fingerprint density at radius 1 is 1.31 bits per heavy atom. The molecule has 1 aliphatic heterocycles. The van der Waals surface area contributed by atoms with E-state index in [4.69, 9.17) is 5.26 Å². The lowest BCUT2D eigenvalue weighted by molar-refractivity contribution is 0.610. The van der Waals surface area contributed by atoms with Gasteiger partial charge in [-0.15, -0.1) is 0 Å². The Bertz CT molecular complexity index is 379. The molecule has 16 heavy (non-hydrogen) atoms. The second kappa shape index (κ2) is 4.93. The van der Waals surface area contributed by atoms with Crippen molar-refractivity contribution in [3.63, 3.8) is 0 Å². The maximum atomic E-state index is 8.67. The van der Waals surface area contributed by atoms with E-state index >= 15 is 0 Å². The van der Waals surface area contributed by atoms with Gasteiger partial charge in [0.2, 0.25) is 0 Å². The summed E-state index contributed by atoms with van der Waals surface area (Å²) in [7, 11) is 0. The molecular formula is C12H16N4. The van der Waals surface area contributed by atoms with Crippen molar-refractivity contribution in [3.05, 3.63) is 18.1 Å². The highest BCUT2D eigenvalue weighted by atomic mass is 15.2. The van der Waals surface area contributed by atoms with Gasteiger partial charge in [0, 0.05) is 12.6 Å². The van der Waals surface area contributed by atoms with Gasteiger partial charge in [-0.1, -0.05) is 12.8 Å². The van der Waals surface area contributed by atoms with Crippen LogP contribution in [0.4, 0.5) is 5.82 Å². The highest BCUT2D eigenvalue weighted by Gasteiger charge is 2.18. The number of rotatable bonds is 1. The average molecular weight is 216 g/mol. The summed E-state index contributed by atoms with van der Waals surface area (Å²) in [6.45, 7) is 3.27. The highest BCUT2D eigenvalue weighted by Crippen LogP contribution is 2.21. The zero-order valence-corrected chi connectivity index (χ0v) is 9.56. The summed E-state index contributed by atoms with van der Waals surface area (Å²) in [5, 5.41) is 8.67. The van der Waals surface area contributed by atoms with Crippen LogP contribution < -0.4 is 4.90 Å². The first-order valence-corrected chi connectivity index (χ1v) is 5.80. The lowest BCUT2D eigenvalue weighted by Crippen LogP contribution is -2.33. The van der Waals surface area contributed by atoms with Gasteiger partial charge in [-0.05, 0) is 19.8 Å². The predicted molar refractivity (Wildman–Crippen MR) is 62.0 cm³/mol. The monoisotopic (exact) mass is 216 g/mol. The van der Waals surface area contributed by atoms with E-state index in [9.17, 15) is 0 Å². The number of nitriles is 1. The minimum atomic E-state index is 0.381. The number of hydrogen-bond donors (Lipinski definition) is 0. The van der Waals surface area contributed by atoms with Crippen molar-refractivity contribution < 1.29 is 0 Å². The largest absolute Gasteiger partial charge is 0.353 e. The van der Waals surface area contributed by atoms with E-state index < -0.39 is 0 Å². The first kappa shape index (κ1) is 10.9. The smallest absolute Gasteiger partial charge is 0.158 e. The Balaban J connectivity index is 2.18. The van der Waals surface area contributed by atoms with Crippen LogP contribution in [0.25, 0.3) is 0 Å². The molecule has 0 radical (unpaired) electrons. The Morgan fingerprint density at radius 3 is 2.88 bits per heavy atom. The maximum absolute atomic E-state index is 8.67. The van der Waals surface area contributed by atoms with E-state index in [-0.39, 0.29) is 0 Å². The number of anilines is 1. The van der Waals surface area contributed by atoms with Gasteiger partial charge >= 0.3 is 0 Å². The van der Waals surface area contributed by atoms with Gasteiger partial charge in [-0.2, -0.15) is 5.26 Å². The van der Waals surface area contributed by atoms with Crippen LogP contribution in [-0.4, -0.2) is 22.6 Å². The normalized spacial score (nSPS) is 21.2. The third kappa shape index (κ3) is 2.30. The first-order chi connectivity index (χ1) is 7.81. The van der Waals surface area contributed by atoms with Gasteiger partial charge < -0.3 is 4.90 Å². The van der Waals surface area contributed by atoms with Crippen LogP contribution in [0, 0.1) is 11.3 Å². The molecule has 0 saturated carbocycles. The summed E-state index contributed by atoms with van der Waals surface area (Å²) < 4.78 is 0. The summed E-state index contributed by atoms with van der Waals surface area (Å²) in [5.41, 5.74) is 0.381. The Kier molecular flexibility index (Phi) is 3.35. The third-order valence-corrected chi connectivity index (χ3v) is 3.10. The van der Waals surface area contributed by atoms with Crippen LogP contribution in [0.3, 0.4) is 0 Å². The molecule has 0 amide bonds. The molecule has 1 aromatic heterocycles. The number of hydrogen-bond acceptors (Lipinski definition) is 4. The molecule has 4 nitrogen and oxygen atoms in total. The average Bonchev–Trinajstić information content (AvgIpc) is 2.54. The summed E-state index contributed by atoms with van der Waals surface area (Å²) in [6.07, 6.45) is 8.27. The Morgan fingerprint density at radius 2 is 2.19 bits per heavy atom. The van der Waals surface area contributed by atoms with Crippen molar-refractivity contribution in [1.82, 2.24) is 9.97 Å². The Hall–Kier alpha value is -1.63. The summed E-state index contributed by atoms with van der Waals surface area (Å²) in [5.74, 6) is 0.897. The molecule has 1 fully saturated rings. The van der Waals surface area contributed by atoms with Crippen LogP contribution in [-0.2, 0) is 0 Å². The topological polar surface area (TPSA) is 52.8 Å². The van der Waals surface area contributed by atoms with E-state index in [0.717, 1.165) is 12.4 Å². The molecule has 84 valence electrons. The van der Waals surface area contributed by atoms with Crippen molar-refractivity contribution in [2.24, 2.45) is 0 Å². The fourth-order valence-electron chi connectivity index (χ4n) is 2.14. The molecule has 0 N–H and O–H groups in total. The summed E-state index contributed by atoms with van der Waals surface area (Å²) in [6, 6.07) is 2.51. The second-order valence-corrected chi connectivity index (χ2v) is 4.26. The van der Waals surface area contributed by atoms with Gasteiger partial charge in [0.25, 0.3) is 0 Å². The SMILES string of the molecule is CC1CCCCCN1c1cnc(C#N)cn1. The fraction of sp³-hybridized carbons (Fsp3) is 0.583. The summed E-state index contributed by atoms with van der Waals surface area (Å²) in [4.78, 5) is 10.7. The Labute approximate surface area is 95.9 Å². The van der Waals surface area contributed by atoms with Gasteiger partial charge in [0.1, 0.15) is 11.9 Å². The minimum absolute atomic E-state index is 0.381. The van der Waals surface area contributed by atoms with Crippen molar-refractivity contribution in [3.8, 4) is 6.07 Å². The lowest BCUT2D eigenvalue weighted by atomic mass is 10.1. The standard InChI is InChI=1S/C12H16N4/c1-10-5-3-2-4-6-16(10)12-9-14-11(7-13)8-15-12/h8-10H,2-6H2,1H3. The van der Waals surface area contributed by atoms with E-state index in [1.807, 2.05) is 6.07 Å². The number of nitrogens with zero attached hydrogens (tertiary/aromatic N) is 4. The molecule has 4 heteroatoms. The molecule has 0 bridgehead atoms. The van der Waals surface area contributed by atoms with Crippen molar-refractivity contribution in [2.45, 2.75) is 38.6 Å².